The largest absolute Gasteiger partial charge is 0.384 e. The molecule has 0 saturated carbocycles. The Bertz CT molecular complexity index is 465. The molecule has 1 aromatic rings. The molecule has 0 aliphatic heterocycles. The van der Waals surface area contributed by atoms with Crippen LogP contribution in [0.1, 0.15) is 20.8 Å². The van der Waals surface area contributed by atoms with Crippen molar-refractivity contribution >= 4 is 21.2 Å². The summed E-state index contributed by atoms with van der Waals surface area (Å²) < 4.78 is 22.7. The molecule has 0 aromatic heterocycles. The Labute approximate surface area is 116 Å². The van der Waals surface area contributed by atoms with E-state index in [-0.39, 0.29) is 11.5 Å². The average molecular weight is 284 g/mol. The summed E-state index contributed by atoms with van der Waals surface area (Å²) in [4.78, 5) is 2.27. The first-order chi connectivity index (χ1) is 9.02. The fourth-order valence-corrected chi connectivity index (χ4v) is 2.58. The first-order valence-corrected chi connectivity index (χ1v) is 8.63. The summed E-state index contributed by atoms with van der Waals surface area (Å²) in [6, 6.07) is 8.10. The van der Waals surface area contributed by atoms with Gasteiger partial charge >= 0.3 is 0 Å². The van der Waals surface area contributed by atoms with E-state index in [0.29, 0.717) is 6.54 Å². The number of benzene rings is 1. The molecule has 0 fully saturated rings. The normalized spacial score (nSPS) is 11.3. The molecule has 0 unspecified atom stereocenters. The minimum atomic E-state index is -2.89. The minimum absolute atomic E-state index is 0.182. The first kappa shape index (κ1) is 15.8. The Hall–Kier alpha value is -1.23. The van der Waals surface area contributed by atoms with Crippen molar-refractivity contribution in [2.75, 3.05) is 41.4 Å². The van der Waals surface area contributed by atoms with Crippen molar-refractivity contribution in [2.45, 2.75) is 20.8 Å². The Morgan fingerprint density at radius 2 is 1.63 bits per heavy atom. The summed E-state index contributed by atoms with van der Waals surface area (Å²) >= 11 is 0. The number of hydrogen-bond acceptors (Lipinski definition) is 4. The van der Waals surface area contributed by atoms with Gasteiger partial charge in [0, 0.05) is 36.8 Å². The zero-order chi connectivity index (χ0) is 14.3. The second-order valence-electron chi connectivity index (χ2n) is 4.38. The van der Waals surface area contributed by atoms with Gasteiger partial charge in [0.1, 0.15) is 0 Å². The van der Waals surface area contributed by atoms with Crippen molar-refractivity contribution in [1.29, 1.82) is 0 Å². The topological polar surface area (TPSA) is 49.4 Å². The summed E-state index contributed by atoms with van der Waals surface area (Å²) in [5, 5.41) is 3.14. The second-order valence-corrected chi connectivity index (χ2v) is 6.86. The van der Waals surface area contributed by atoms with Crippen LogP contribution in [0.2, 0.25) is 0 Å². The van der Waals surface area contributed by atoms with Crippen LogP contribution < -0.4 is 10.2 Å². The predicted molar refractivity (Wildman–Crippen MR) is 82.8 cm³/mol. The van der Waals surface area contributed by atoms with Gasteiger partial charge in [-0.3, -0.25) is 0 Å². The maximum Gasteiger partial charge on any atom is 0.151 e. The highest BCUT2D eigenvalue weighted by molar-refractivity contribution is 7.91. The van der Waals surface area contributed by atoms with Crippen LogP contribution in [0.25, 0.3) is 0 Å². The molecule has 0 bridgehead atoms. The highest BCUT2D eigenvalue weighted by atomic mass is 32.2. The van der Waals surface area contributed by atoms with E-state index < -0.39 is 9.84 Å². The number of anilines is 2. The smallest absolute Gasteiger partial charge is 0.151 e. The minimum Gasteiger partial charge on any atom is -0.384 e. The van der Waals surface area contributed by atoms with E-state index in [1.54, 1.807) is 6.92 Å². The van der Waals surface area contributed by atoms with Gasteiger partial charge in [0.15, 0.2) is 9.84 Å². The number of nitrogens with zero attached hydrogens (tertiary/aromatic N) is 1. The van der Waals surface area contributed by atoms with E-state index >= 15 is 0 Å². The fourth-order valence-electron chi connectivity index (χ4n) is 1.87. The molecule has 0 atom stereocenters. The summed E-state index contributed by atoms with van der Waals surface area (Å²) in [6.07, 6.45) is 0. The molecule has 0 amide bonds. The summed E-state index contributed by atoms with van der Waals surface area (Å²) in [5.41, 5.74) is 2.15. The summed E-state index contributed by atoms with van der Waals surface area (Å²) in [5.74, 6) is 0.386. The molecule has 1 N–H and O–H groups in total. The summed E-state index contributed by atoms with van der Waals surface area (Å²) in [6.45, 7) is 8.36. The van der Waals surface area contributed by atoms with E-state index in [2.05, 4.69) is 36.2 Å². The zero-order valence-corrected chi connectivity index (χ0v) is 12.8. The standard InChI is InChI=1S/C14H24N2O2S/c1-4-16(5-2)14-9-7-13(8-10-14)15-11-12-19(17,18)6-3/h7-10,15H,4-6,11-12H2,1-3H3. The highest BCUT2D eigenvalue weighted by Gasteiger charge is 2.06. The molecule has 0 aliphatic rings. The van der Waals surface area contributed by atoms with E-state index in [1.165, 1.54) is 5.69 Å². The Morgan fingerprint density at radius 1 is 1.05 bits per heavy atom. The van der Waals surface area contributed by atoms with Gasteiger partial charge in [-0.25, -0.2) is 8.42 Å². The quantitative estimate of drug-likeness (QED) is 0.796. The van der Waals surface area contributed by atoms with E-state index in [4.69, 9.17) is 0 Å². The van der Waals surface area contributed by atoms with Crippen molar-refractivity contribution in [3.8, 4) is 0 Å². The monoisotopic (exact) mass is 284 g/mol. The van der Waals surface area contributed by atoms with E-state index in [1.807, 2.05) is 12.1 Å². The number of rotatable bonds is 8. The molecule has 0 aliphatic carbocycles. The number of nitrogens with one attached hydrogen (secondary N) is 1. The molecule has 108 valence electrons. The molecule has 4 nitrogen and oxygen atoms in total. The van der Waals surface area contributed by atoms with Crippen LogP contribution >= 0.6 is 0 Å². The lowest BCUT2D eigenvalue weighted by Crippen LogP contribution is -2.21. The second kappa shape index (κ2) is 7.38. The molecule has 19 heavy (non-hydrogen) atoms. The van der Waals surface area contributed by atoms with Crippen molar-refractivity contribution in [1.82, 2.24) is 0 Å². The Morgan fingerprint density at radius 3 is 2.11 bits per heavy atom. The average Bonchev–Trinajstić information content (AvgIpc) is 2.42. The SMILES string of the molecule is CCN(CC)c1ccc(NCCS(=O)(=O)CC)cc1. The van der Waals surface area contributed by atoms with Gasteiger partial charge < -0.3 is 10.2 Å². The summed E-state index contributed by atoms with van der Waals surface area (Å²) in [7, 11) is -2.89. The van der Waals surface area contributed by atoms with Crippen molar-refractivity contribution in [3.63, 3.8) is 0 Å². The van der Waals surface area contributed by atoms with Gasteiger partial charge in [0.2, 0.25) is 0 Å². The molecule has 1 aromatic carbocycles. The third kappa shape index (κ3) is 5.11. The van der Waals surface area contributed by atoms with Crippen molar-refractivity contribution < 1.29 is 8.42 Å². The van der Waals surface area contributed by atoms with E-state index in [0.717, 1.165) is 18.8 Å². The number of sulfone groups is 1. The van der Waals surface area contributed by atoms with Crippen LogP contribution in [0.3, 0.4) is 0 Å². The van der Waals surface area contributed by atoms with Crippen molar-refractivity contribution in [3.05, 3.63) is 24.3 Å². The van der Waals surface area contributed by atoms with Gasteiger partial charge in [-0.05, 0) is 38.1 Å². The third-order valence-corrected chi connectivity index (χ3v) is 4.88. The van der Waals surface area contributed by atoms with Gasteiger partial charge in [0.25, 0.3) is 0 Å². The number of hydrogen-bond donors (Lipinski definition) is 1. The van der Waals surface area contributed by atoms with Crippen LogP contribution in [0.4, 0.5) is 11.4 Å². The van der Waals surface area contributed by atoms with Crippen LogP contribution in [0.5, 0.6) is 0 Å². The maximum atomic E-state index is 11.4. The molecule has 0 spiro atoms. The molecule has 5 heteroatoms. The van der Waals surface area contributed by atoms with E-state index in [9.17, 15) is 8.42 Å². The molecule has 0 saturated heterocycles. The zero-order valence-electron chi connectivity index (χ0n) is 12.0. The van der Waals surface area contributed by atoms with Gasteiger partial charge in [-0.1, -0.05) is 6.92 Å². The van der Waals surface area contributed by atoms with Gasteiger partial charge in [0.05, 0.1) is 5.75 Å². The maximum absolute atomic E-state index is 11.4. The first-order valence-electron chi connectivity index (χ1n) is 6.81. The Kier molecular flexibility index (Phi) is 6.15. The van der Waals surface area contributed by atoms with Crippen molar-refractivity contribution in [2.24, 2.45) is 0 Å². The van der Waals surface area contributed by atoms with Crippen LogP contribution in [-0.2, 0) is 9.84 Å². The Balaban J connectivity index is 2.53. The molecular formula is C14H24N2O2S. The molecule has 1 rings (SSSR count). The fraction of sp³-hybridized carbons (Fsp3) is 0.571. The molecule has 0 heterocycles. The third-order valence-electron chi connectivity index (χ3n) is 3.18. The van der Waals surface area contributed by atoms with Crippen LogP contribution in [0, 0.1) is 0 Å². The lowest BCUT2D eigenvalue weighted by atomic mass is 10.2. The highest BCUT2D eigenvalue weighted by Crippen LogP contribution is 2.17. The lowest BCUT2D eigenvalue weighted by molar-refractivity contribution is 0.597. The molecule has 0 radical (unpaired) electrons. The molecular weight excluding hydrogens is 260 g/mol. The lowest BCUT2D eigenvalue weighted by Gasteiger charge is -2.21. The van der Waals surface area contributed by atoms with Crippen LogP contribution in [0.15, 0.2) is 24.3 Å². The van der Waals surface area contributed by atoms with Gasteiger partial charge in [-0.15, -0.1) is 0 Å². The predicted octanol–water partition coefficient (Wildman–Crippen LogP) is 2.38. The van der Waals surface area contributed by atoms with Gasteiger partial charge in [-0.2, -0.15) is 0 Å². The van der Waals surface area contributed by atoms with Crippen LogP contribution in [-0.4, -0.2) is 39.6 Å².